The van der Waals surface area contributed by atoms with E-state index in [0.29, 0.717) is 39.1 Å². The van der Waals surface area contributed by atoms with E-state index in [2.05, 4.69) is 6.07 Å². The van der Waals surface area contributed by atoms with Crippen LogP contribution in [0.2, 0.25) is 0 Å². The summed E-state index contributed by atoms with van der Waals surface area (Å²) in [5.74, 6) is -0.171. The Kier molecular flexibility index (Phi) is 4.71. The number of amides is 1. The fraction of sp³-hybridized carbons (Fsp3) is 0.818. The highest BCUT2D eigenvalue weighted by Gasteiger charge is 2.42. The third kappa shape index (κ3) is 2.52. The molecule has 0 aliphatic carbocycles. The molecule has 0 aromatic carbocycles. The van der Waals surface area contributed by atoms with Crippen LogP contribution in [0.4, 0.5) is 0 Å². The van der Waals surface area contributed by atoms with Crippen LogP contribution in [0.3, 0.4) is 0 Å². The predicted octanol–water partition coefficient (Wildman–Crippen LogP) is 0.148. The number of aliphatic hydroxyl groups excluding tert-OH is 1. The number of hydrogen-bond acceptors (Lipinski definition) is 4. The molecular weight excluding hydrogens is 208 g/mol. The van der Waals surface area contributed by atoms with Crippen molar-refractivity contribution in [2.75, 3.05) is 32.9 Å². The van der Waals surface area contributed by atoms with E-state index in [9.17, 15) is 10.1 Å². The minimum atomic E-state index is -0.941. The van der Waals surface area contributed by atoms with Gasteiger partial charge in [0, 0.05) is 26.3 Å². The molecule has 0 unspecified atom stereocenters. The Morgan fingerprint density at radius 1 is 1.56 bits per heavy atom. The van der Waals surface area contributed by atoms with E-state index in [1.807, 2.05) is 6.92 Å². The van der Waals surface area contributed by atoms with Gasteiger partial charge in [-0.1, -0.05) is 0 Å². The maximum Gasteiger partial charge on any atom is 0.243 e. The lowest BCUT2D eigenvalue weighted by atomic mass is 9.80. The Bertz CT molecular complexity index is 279. The van der Waals surface area contributed by atoms with Crippen LogP contribution in [-0.2, 0) is 9.53 Å². The Balaban J connectivity index is 2.78. The molecule has 0 bridgehead atoms. The van der Waals surface area contributed by atoms with Crippen molar-refractivity contribution in [2.24, 2.45) is 5.41 Å². The molecule has 5 heteroatoms. The average molecular weight is 226 g/mol. The first kappa shape index (κ1) is 12.9. The molecule has 5 nitrogen and oxygen atoms in total. The highest BCUT2D eigenvalue weighted by Crippen LogP contribution is 2.31. The fourth-order valence-electron chi connectivity index (χ4n) is 1.92. The third-order valence-corrected chi connectivity index (χ3v) is 3.01. The second-order valence-corrected chi connectivity index (χ2v) is 3.91. The largest absolute Gasteiger partial charge is 0.395 e. The smallest absolute Gasteiger partial charge is 0.243 e. The Morgan fingerprint density at radius 3 is 2.62 bits per heavy atom. The number of aliphatic hydroxyl groups is 1. The van der Waals surface area contributed by atoms with E-state index < -0.39 is 5.41 Å². The van der Waals surface area contributed by atoms with E-state index in [-0.39, 0.29) is 12.5 Å². The summed E-state index contributed by atoms with van der Waals surface area (Å²) in [5.41, 5.74) is -0.941. The zero-order valence-corrected chi connectivity index (χ0v) is 9.61. The molecule has 1 saturated heterocycles. The number of nitrogens with zero attached hydrogens (tertiary/aromatic N) is 2. The molecule has 1 N–H and O–H groups in total. The van der Waals surface area contributed by atoms with Gasteiger partial charge in [-0.3, -0.25) is 4.79 Å². The standard InChI is InChI=1S/C11H18N2O3/c1-2-13(5-6-14)10(15)11(9-12)3-7-16-8-4-11/h14H,2-8H2,1H3. The van der Waals surface area contributed by atoms with Crippen LogP contribution in [0.25, 0.3) is 0 Å². The topological polar surface area (TPSA) is 73.6 Å². The zero-order chi connectivity index (χ0) is 12.0. The molecule has 1 aliphatic rings. The van der Waals surface area contributed by atoms with Crippen molar-refractivity contribution < 1.29 is 14.6 Å². The van der Waals surface area contributed by atoms with Gasteiger partial charge in [0.1, 0.15) is 5.41 Å². The lowest BCUT2D eigenvalue weighted by molar-refractivity contribution is -0.143. The summed E-state index contributed by atoms with van der Waals surface area (Å²) in [5, 5.41) is 18.1. The summed E-state index contributed by atoms with van der Waals surface area (Å²) in [4.78, 5) is 13.7. The highest BCUT2D eigenvalue weighted by molar-refractivity contribution is 5.85. The van der Waals surface area contributed by atoms with Gasteiger partial charge in [0.15, 0.2) is 0 Å². The molecule has 90 valence electrons. The van der Waals surface area contributed by atoms with Crippen LogP contribution in [0.15, 0.2) is 0 Å². The number of nitriles is 1. The van der Waals surface area contributed by atoms with Gasteiger partial charge in [-0.25, -0.2) is 0 Å². The first-order valence-electron chi connectivity index (χ1n) is 5.59. The van der Waals surface area contributed by atoms with Gasteiger partial charge < -0.3 is 14.7 Å². The van der Waals surface area contributed by atoms with Gasteiger partial charge in [0.2, 0.25) is 5.91 Å². The van der Waals surface area contributed by atoms with Crippen molar-refractivity contribution in [3.8, 4) is 6.07 Å². The molecule has 1 aliphatic heterocycles. The second-order valence-electron chi connectivity index (χ2n) is 3.91. The summed E-state index contributed by atoms with van der Waals surface area (Å²) in [6.45, 7) is 3.49. The molecule has 0 aromatic heterocycles. The van der Waals surface area contributed by atoms with Gasteiger partial charge in [0.05, 0.1) is 12.7 Å². The summed E-state index contributed by atoms with van der Waals surface area (Å²) in [6, 6.07) is 2.14. The SMILES string of the molecule is CCN(CCO)C(=O)C1(C#N)CCOCC1. The van der Waals surface area contributed by atoms with Gasteiger partial charge in [-0.05, 0) is 19.8 Å². The van der Waals surface area contributed by atoms with E-state index in [1.54, 1.807) is 0 Å². The van der Waals surface area contributed by atoms with Crippen molar-refractivity contribution >= 4 is 5.91 Å². The molecule has 0 atom stereocenters. The molecule has 1 heterocycles. The number of hydrogen-bond donors (Lipinski definition) is 1. The Hall–Kier alpha value is -1.12. The van der Waals surface area contributed by atoms with Gasteiger partial charge in [-0.2, -0.15) is 5.26 Å². The lowest BCUT2D eigenvalue weighted by Gasteiger charge is -2.34. The number of carbonyl (C=O) groups excluding carboxylic acids is 1. The van der Waals surface area contributed by atoms with Crippen molar-refractivity contribution in [1.82, 2.24) is 4.90 Å². The van der Waals surface area contributed by atoms with E-state index in [1.165, 1.54) is 4.90 Å². The zero-order valence-electron chi connectivity index (χ0n) is 9.61. The fourth-order valence-corrected chi connectivity index (χ4v) is 1.92. The first-order valence-corrected chi connectivity index (χ1v) is 5.59. The molecule has 0 saturated carbocycles. The molecule has 0 radical (unpaired) electrons. The minimum absolute atomic E-state index is 0.0718. The third-order valence-electron chi connectivity index (χ3n) is 3.01. The van der Waals surface area contributed by atoms with Crippen LogP contribution < -0.4 is 0 Å². The molecule has 0 spiro atoms. The number of ether oxygens (including phenoxy) is 1. The van der Waals surface area contributed by atoms with Crippen molar-refractivity contribution in [2.45, 2.75) is 19.8 Å². The maximum atomic E-state index is 12.2. The van der Waals surface area contributed by atoms with Crippen LogP contribution in [-0.4, -0.2) is 48.8 Å². The lowest BCUT2D eigenvalue weighted by Crippen LogP contribution is -2.47. The van der Waals surface area contributed by atoms with Crippen LogP contribution >= 0.6 is 0 Å². The maximum absolute atomic E-state index is 12.2. The van der Waals surface area contributed by atoms with Crippen LogP contribution in [0.5, 0.6) is 0 Å². The molecule has 1 rings (SSSR count). The summed E-state index contributed by atoms with van der Waals surface area (Å²) in [6.07, 6.45) is 0.897. The normalized spacial score (nSPS) is 18.8. The summed E-state index contributed by atoms with van der Waals surface area (Å²) < 4.78 is 5.18. The first-order chi connectivity index (χ1) is 7.70. The monoisotopic (exact) mass is 226 g/mol. The second kappa shape index (κ2) is 5.83. The predicted molar refractivity (Wildman–Crippen MR) is 57.4 cm³/mol. The van der Waals surface area contributed by atoms with Crippen molar-refractivity contribution in [3.63, 3.8) is 0 Å². The molecular formula is C11H18N2O3. The molecule has 16 heavy (non-hydrogen) atoms. The van der Waals surface area contributed by atoms with E-state index in [0.717, 1.165) is 0 Å². The van der Waals surface area contributed by atoms with Crippen LogP contribution in [0.1, 0.15) is 19.8 Å². The summed E-state index contributed by atoms with van der Waals surface area (Å²) in [7, 11) is 0. The van der Waals surface area contributed by atoms with Crippen LogP contribution in [0, 0.1) is 16.7 Å². The number of carbonyl (C=O) groups is 1. The van der Waals surface area contributed by atoms with E-state index in [4.69, 9.17) is 9.84 Å². The Labute approximate surface area is 95.6 Å². The molecule has 1 amide bonds. The minimum Gasteiger partial charge on any atom is -0.395 e. The highest BCUT2D eigenvalue weighted by atomic mass is 16.5. The van der Waals surface area contributed by atoms with Gasteiger partial charge in [0.25, 0.3) is 0 Å². The van der Waals surface area contributed by atoms with Crippen molar-refractivity contribution in [1.29, 1.82) is 5.26 Å². The quantitative estimate of drug-likeness (QED) is 0.740. The average Bonchev–Trinajstić information content (AvgIpc) is 2.36. The molecule has 1 fully saturated rings. The Morgan fingerprint density at radius 2 is 2.19 bits per heavy atom. The van der Waals surface area contributed by atoms with Gasteiger partial charge in [-0.15, -0.1) is 0 Å². The summed E-state index contributed by atoms with van der Waals surface area (Å²) >= 11 is 0. The van der Waals surface area contributed by atoms with Gasteiger partial charge >= 0.3 is 0 Å². The number of likely N-dealkylation sites (N-methyl/N-ethyl adjacent to an activating group) is 1. The number of rotatable bonds is 4. The van der Waals surface area contributed by atoms with E-state index >= 15 is 0 Å². The molecule has 0 aromatic rings. The van der Waals surface area contributed by atoms with Crippen molar-refractivity contribution in [3.05, 3.63) is 0 Å².